The van der Waals surface area contributed by atoms with Crippen LogP contribution in [-0.2, 0) is 22.4 Å². The van der Waals surface area contributed by atoms with Crippen LogP contribution in [0.25, 0.3) is 0 Å². The van der Waals surface area contributed by atoms with Crippen molar-refractivity contribution < 1.29 is 51.3 Å². The van der Waals surface area contributed by atoms with Crippen molar-refractivity contribution in [2.24, 2.45) is 11.8 Å². The van der Waals surface area contributed by atoms with Crippen LogP contribution in [0.1, 0.15) is 68.7 Å². The summed E-state index contributed by atoms with van der Waals surface area (Å²) in [6.45, 7) is -3.01. The Kier molecular flexibility index (Phi) is 19.7. The van der Waals surface area contributed by atoms with E-state index in [0.717, 1.165) is 37.1 Å². The van der Waals surface area contributed by atoms with Gasteiger partial charge in [0.25, 0.3) is 5.91 Å². The summed E-state index contributed by atoms with van der Waals surface area (Å²) < 4.78 is 56.9. The molecule has 1 amide bonds. The van der Waals surface area contributed by atoms with Crippen LogP contribution < -0.4 is 14.8 Å². The van der Waals surface area contributed by atoms with Crippen molar-refractivity contribution in [2.45, 2.75) is 51.7 Å². The molecule has 16 heteroatoms. The molecule has 4 aromatic carbocycles. The highest BCUT2D eigenvalue weighted by Gasteiger charge is 2.28. The number of hydrogen-bond donors (Lipinski definition) is 2. The maximum Gasteiger partial charge on any atom is 0.387 e. The van der Waals surface area contributed by atoms with E-state index < -0.39 is 19.2 Å². The smallest absolute Gasteiger partial charge is 0.387 e. The first kappa shape index (κ1) is 48.1. The van der Waals surface area contributed by atoms with Crippen LogP contribution in [0.2, 0.25) is 0 Å². The zero-order valence-corrected chi connectivity index (χ0v) is 33.1. The molecule has 2 fully saturated rings. The average molecular weight is 851 g/mol. The molecule has 60 heavy (non-hydrogen) atoms. The van der Waals surface area contributed by atoms with Gasteiger partial charge in [-0.2, -0.15) is 28.1 Å². The highest BCUT2D eigenvalue weighted by Crippen LogP contribution is 2.24. The largest absolute Gasteiger partial charge is 0.478 e. The molecule has 2 heterocycles. The van der Waals surface area contributed by atoms with Gasteiger partial charge in [-0.1, -0.05) is 48.5 Å². The minimum Gasteiger partial charge on any atom is -0.478 e. The third kappa shape index (κ3) is 15.1. The van der Waals surface area contributed by atoms with Crippen molar-refractivity contribution in [2.75, 3.05) is 26.2 Å². The number of nitrogens with zero attached hydrogens (tertiary/aromatic N) is 3. The van der Waals surface area contributed by atoms with E-state index in [4.69, 9.17) is 10.4 Å². The lowest BCUT2D eigenvalue weighted by molar-refractivity contribution is -0.124. The number of carboxylic acid groups (broad SMARTS) is 1. The zero-order chi connectivity index (χ0) is 42.7. The molecule has 0 atom stereocenters. The Morgan fingerprint density at radius 1 is 0.650 bits per heavy atom. The number of ether oxygens (including phenoxy) is 2. The van der Waals surface area contributed by atoms with E-state index in [1.54, 1.807) is 71.6 Å². The van der Waals surface area contributed by atoms with Crippen LogP contribution in [0.4, 0.5) is 17.6 Å². The molecule has 0 aromatic heterocycles. The standard InChI is InChI=1S/C22H20F2N2O3.C14H17F2NO2.C8H5NO2.ClH/c23-22(24)29-18-7-5-15(6-8-18)13-20(27)16-9-11-26(12-10-16)21(28)19-4-2-1-3-17(19)14-25;15-14(16)19-12-3-1-10(2-4-12)9-13(18)11-5-7-17-8-6-11;9-5-6-3-1-2-4-7(6)8(10)11;/h1-8,16,22H,9-13H2;1-4,11,14,17H,5-9H2;1-4H,(H,10,11);1H. The molecule has 4 aromatic rings. The predicted octanol–water partition coefficient (Wildman–Crippen LogP) is 7.90. The predicted molar refractivity (Wildman–Crippen MR) is 214 cm³/mol. The molecule has 2 N–H and O–H groups in total. The molecule has 2 aliphatic heterocycles. The molecular formula is C44H43ClF4N4O7. The number of rotatable bonds is 12. The lowest BCUT2D eigenvalue weighted by atomic mass is 9.89. The zero-order valence-electron chi connectivity index (χ0n) is 32.3. The maximum atomic E-state index is 12.7. The van der Waals surface area contributed by atoms with E-state index in [9.17, 15) is 42.0 Å². The number of nitrogens with one attached hydrogen (secondary N) is 1. The fourth-order valence-electron chi connectivity index (χ4n) is 6.52. The van der Waals surface area contributed by atoms with Gasteiger partial charge in [-0.25, -0.2) is 4.79 Å². The first-order valence-corrected chi connectivity index (χ1v) is 18.7. The SMILES string of the molecule is Cl.N#Cc1ccccc1C(=O)N1CCC(C(=O)Cc2ccc(OC(F)F)cc2)CC1.N#Cc1ccccc1C(=O)O.O=C(Cc1ccc(OC(F)F)cc1)C1CCNCC1. The van der Waals surface area contributed by atoms with E-state index in [0.29, 0.717) is 43.5 Å². The van der Waals surface area contributed by atoms with E-state index >= 15 is 0 Å². The number of benzene rings is 4. The number of alkyl halides is 4. The lowest BCUT2D eigenvalue weighted by Crippen LogP contribution is -2.40. The molecular weight excluding hydrogens is 808 g/mol. The minimum absolute atomic E-state index is 0. The topological polar surface area (TPSA) is 170 Å². The molecule has 0 radical (unpaired) electrons. The average Bonchev–Trinajstić information content (AvgIpc) is 3.25. The molecule has 0 unspecified atom stereocenters. The molecule has 6 rings (SSSR count). The van der Waals surface area contributed by atoms with E-state index in [1.807, 2.05) is 6.07 Å². The Balaban J connectivity index is 0.000000265. The molecule has 2 aliphatic rings. The second kappa shape index (κ2) is 24.6. The molecule has 0 saturated carbocycles. The number of hydrogen-bond acceptors (Lipinski definition) is 9. The Bertz CT molecular complexity index is 2110. The van der Waals surface area contributed by atoms with Gasteiger partial charge in [-0.15, -0.1) is 12.4 Å². The third-order valence-electron chi connectivity index (χ3n) is 9.64. The Labute approximate surface area is 350 Å². The van der Waals surface area contributed by atoms with Crippen LogP contribution in [0, 0.1) is 34.5 Å². The minimum atomic E-state index is -2.88. The van der Waals surface area contributed by atoms with Gasteiger partial charge in [-0.3, -0.25) is 14.4 Å². The van der Waals surface area contributed by atoms with Crippen LogP contribution in [0.15, 0.2) is 97.1 Å². The van der Waals surface area contributed by atoms with Crippen molar-refractivity contribution in [1.29, 1.82) is 10.5 Å². The number of carbonyl (C=O) groups excluding carboxylic acids is 3. The number of aromatic carboxylic acids is 1. The third-order valence-corrected chi connectivity index (χ3v) is 9.64. The van der Waals surface area contributed by atoms with Gasteiger partial charge in [0.05, 0.1) is 28.3 Å². The maximum absolute atomic E-state index is 12.7. The van der Waals surface area contributed by atoms with Gasteiger partial charge in [0.2, 0.25) is 0 Å². The summed E-state index contributed by atoms with van der Waals surface area (Å²) in [5, 5.41) is 29.4. The fourth-order valence-corrected chi connectivity index (χ4v) is 6.52. The Morgan fingerprint density at radius 2 is 1.05 bits per heavy atom. The number of nitriles is 2. The van der Waals surface area contributed by atoms with Gasteiger partial charge in [0, 0.05) is 37.8 Å². The summed E-state index contributed by atoms with van der Waals surface area (Å²) in [7, 11) is 0. The first-order valence-electron chi connectivity index (χ1n) is 18.7. The molecule has 0 aliphatic carbocycles. The molecule has 0 spiro atoms. The fraction of sp³-hybridized carbons (Fsp3) is 0.318. The monoisotopic (exact) mass is 850 g/mol. The molecule has 2 saturated heterocycles. The quantitative estimate of drug-likeness (QED) is 0.134. The van der Waals surface area contributed by atoms with Crippen LogP contribution in [-0.4, -0.2) is 72.9 Å². The molecule has 11 nitrogen and oxygen atoms in total. The number of ketones is 2. The molecule has 316 valence electrons. The summed E-state index contributed by atoms with van der Waals surface area (Å²) in [6.07, 6.45) is 3.46. The number of piperidine rings is 2. The second-order valence-electron chi connectivity index (χ2n) is 13.5. The van der Waals surface area contributed by atoms with Crippen molar-refractivity contribution >= 4 is 35.9 Å². The van der Waals surface area contributed by atoms with Gasteiger partial charge >= 0.3 is 19.2 Å². The van der Waals surface area contributed by atoms with Gasteiger partial charge in [0.15, 0.2) is 0 Å². The van der Waals surface area contributed by atoms with Crippen LogP contribution in [0.5, 0.6) is 11.5 Å². The van der Waals surface area contributed by atoms with Crippen LogP contribution in [0.3, 0.4) is 0 Å². The number of carboxylic acids is 1. The molecule has 0 bridgehead atoms. The number of likely N-dealkylation sites (tertiary alicyclic amines) is 1. The second-order valence-corrected chi connectivity index (χ2v) is 13.5. The Morgan fingerprint density at radius 3 is 1.45 bits per heavy atom. The summed E-state index contributed by atoms with van der Waals surface area (Å²) in [5.41, 5.74) is 2.54. The van der Waals surface area contributed by atoms with Crippen molar-refractivity contribution in [3.05, 3.63) is 130 Å². The summed E-state index contributed by atoms with van der Waals surface area (Å²) in [4.78, 5) is 49.4. The van der Waals surface area contributed by atoms with E-state index in [1.165, 1.54) is 36.4 Å². The normalized spacial score (nSPS) is 13.8. The number of halogens is 5. The first-order chi connectivity index (χ1) is 28.4. The van der Waals surface area contributed by atoms with E-state index in [-0.39, 0.29) is 70.8 Å². The summed E-state index contributed by atoms with van der Waals surface area (Å²) in [5.74, 6) is -0.819. The lowest BCUT2D eigenvalue weighted by Gasteiger charge is -2.31. The van der Waals surface area contributed by atoms with Crippen molar-refractivity contribution in [3.8, 4) is 23.6 Å². The Hall–Kier alpha value is -6.29. The number of carbonyl (C=O) groups is 4. The van der Waals surface area contributed by atoms with Gasteiger partial charge < -0.3 is 24.8 Å². The van der Waals surface area contributed by atoms with Crippen LogP contribution >= 0.6 is 12.4 Å². The number of Topliss-reactive ketones (excluding diaryl/α,β-unsaturated/α-hetero) is 2. The van der Waals surface area contributed by atoms with E-state index in [2.05, 4.69) is 14.8 Å². The summed E-state index contributed by atoms with van der Waals surface area (Å²) in [6, 6.07) is 28.9. The number of amides is 1. The summed E-state index contributed by atoms with van der Waals surface area (Å²) >= 11 is 0. The highest BCUT2D eigenvalue weighted by molar-refractivity contribution is 5.97. The van der Waals surface area contributed by atoms with Crippen molar-refractivity contribution in [3.63, 3.8) is 0 Å². The van der Waals surface area contributed by atoms with Crippen molar-refractivity contribution in [1.82, 2.24) is 10.2 Å². The highest BCUT2D eigenvalue weighted by atomic mass is 35.5. The van der Waals surface area contributed by atoms with Gasteiger partial charge in [-0.05, 0) is 98.4 Å². The van der Waals surface area contributed by atoms with Gasteiger partial charge in [0.1, 0.15) is 29.1 Å².